The predicted molar refractivity (Wildman–Crippen MR) is 111 cm³/mol. The minimum absolute atomic E-state index is 0.210. The van der Waals surface area contributed by atoms with Gasteiger partial charge in [-0.1, -0.05) is 20.8 Å². The number of aromatic nitrogens is 1. The number of anilines is 2. The summed E-state index contributed by atoms with van der Waals surface area (Å²) in [6.45, 7) is 5.17. The van der Waals surface area contributed by atoms with E-state index in [0.717, 1.165) is 0 Å². The fourth-order valence-corrected chi connectivity index (χ4v) is 3.93. The summed E-state index contributed by atoms with van der Waals surface area (Å²) < 4.78 is 55.7. The monoisotopic (exact) mass is 451 g/mol. The molecule has 0 bridgehead atoms. The van der Waals surface area contributed by atoms with Crippen molar-refractivity contribution >= 4 is 44.2 Å². The molecule has 1 amide bonds. The third-order valence-corrected chi connectivity index (χ3v) is 5.81. The molecule has 164 valence electrons. The van der Waals surface area contributed by atoms with Crippen LogP contribution in [0, 0.1) is 17.0 Å². The Morgan fingerprint density at radius 2 is 1.74 bits per heavy atom. The van der Waals surface area contributed by atoms with Gasteiger partial charge in [-0.15, -0.1) is 0 Å². The smallest absolute Gasteiger partial charge is 0.338 e. The number of aromatic carboxylic acids is 1. The number of aromatic amines is 1. The number of rotatable bonds is 5. The third kappa shape index (κ3) is 4.50. The largest absolute Gasteiger partial charge is 0.478 e. The van der Waals surface area contributed by atoms with Gasteiger partial charge in [-0.3, -0.25) is 9.52 Å². The summed E-state index contributed by atoms with van der Waals surface area (Å²) in [4.78, 5) is 25.6. The molecule has 0 atom stereocenters. The van der Waals surface area contributed by atoms with Crippen LogP contribution in [0.4, 0.5) is 20.2 Å². The number of nitrogens with one attached hydrogen (secondary N) is 3. The number of H-pyrrole nitrogens is 1. The quantitative estimate of drug-likeness (QED) is 0.467. The molecule has 0 saturated heterocycles. The molecular weight excluding hydrogens is 432 g/mol. The number of carboxylic acid groups (broad SMARTS) is 1. The molecule has 0 saturated carbocycles. The number of sulfonamides is 1. The highest BCUT2D eigenvalue weighted by Gasteiger charge is 2.24. The average Bonchev–Trinajstić information content (AvgIpc) is 3.07. The summed E-state index contributed by atoms with van der Waals surface area (Å²) in [5.74, 6) is -4.51. The van der Waals surface area contributed by atoms with E-state index in [1.807, 2.05) is 4.72 Å². The number of fused-ring (bicyclic) bond motifs is 1. The Morgan fingerprint density at radius 3 is 2.35 bits per heavy atom. The lowest BCUT2D eigenvalue weighted by Gasteiger charge is -2.17. The SMILES string of the molecule is CC(C)(C)C(=O)Nc1ccc2[nH]cc(S(=O)(=O)Nc3cc(F)c(C(=O)O)cc3F)c2c1. The highest BCUT2D eigenvalue weighted by Crippen LogP contribution is 2.29. The molecule has 8 nitrogen and oxygen atoms in total. The van der Waals surface area contributed by atoms with E-state index in [1.54, 1.807) is 32.9 Å². The second kappa shape index (κ2) is 7.65. The Hall–Kier alpha value is -3.47. The zero-order valence-corrected chi connectivity index (χ0v) is 17.5. The van der Waals surface area contributed by atoms with E-state index in [9.17, 15) is 26.8 Å². The number of hydrogen-bond acceptors (Lipinski definition) is 4. The van der Waals surface area contributed by atoms with Gasteiger partial charge in [-0.05, 0) is 24.3 Å². The molecule has 0 radical (unpaired) electrons. The summed E-state index contributed by atoms with van der Waals surface area (Å²) in [5, 5.41) is 11.7. The number of hydrogen-bond donors (Lipinski definition) is 4. The average molecular weight is 451 g/mol. The summed E-state index contributed by atoms with van der Waals surface area (Å²) in [6.07, 6.45) is 1.17. The molecule has 0 spiro atoms. The molecule has 0 fully saturated rings. The standard InChI is InChI=1S/C20H19F2N3O5S/c1-20(2,3)19(28)24-10-4-5-15-12(6-10)17(9-23-15)31(29,30)25-16-8-13(21)11(18(26)27)7-14(16)22/h4-9,23,25H,1-3H3,(H,24,28)(H,26,27). The van der Waals surface area contributed by atoms with E-state index in [-0.39, 0.29) is 16.2 Å². The number of carbonyl (C=O) groups excluding carboxylic acids is 1. The van der Waals surface area contributed by atoms with Crippen molar-refractivity contribution in [3.8, 4) is 0 Å². The van der Waals surface area contributed by atoms with E-state index in [4.69, 9.17) is 5.11 Å². The molecule has 3 rings (SSSR count). The molecule has 11 heteroatoms. The van der Waals surface area contributed by atoms with Gasteiger partial charge < -0.3 is 15.4 Å². The molecule has 1 aromatic heterocycles. The minimum Gasteiger partial charge on any atom is -0.478 e. The van der Waals surface area contributed by atoms with Crippen LogP contribution in [-0.4, -0.2) is 30.4 Å². The van der Waals surface area contributed by atoms with Crippen LogP contribution in [0.3, 0.4) is 0 Å². The normalized spacial score (nSPS) is 12.0. The fourth-order valence-electron chi connectivity index (χ4n) is 2.70. The van der Waals surface area contributed by atoms with Gasteiger partial charge >= 0.3 is 5.97 Å². The van der Waals surface area contributed by atoms with Crippen molar-refractivity contribution in [3.63, 3.8) is 0 Å². The number of halogens is 2. The minimum atomic E-state index is -4.39. The van der Waals surface area contributed by atoms with Crippen LogP contribution in [0.2, 0.25) is 0 Å². The first kappa shape index (κ1) is 22.2. The molecule has 0 aliphatic rings. The van der Waals surface area contributed by atoms with Crippen molar-refractivity contribution in [1.29, 1.82) is 0 Å². The van der Waals surface area contributed by atoms with Crippen LogP contribution in [0.5, 0.6) is 0 Å². The lowest BCUT2D eigenvalue weighted by Crippen LogP contribution is -2.27. The maximum atomic E-state index is 14.2. The topological polar surface area (TPSA) is 128 Å². The molecule has 3 aromatic rings. The van der Waals surface area contributed by atoms with Crippen molar-refractivity contribution in [2.75, 3.05) is 10.0 Å². The summed E-state index contributed by atoms with van der Waals surface area (Å²) in [7, 11) is -4.39. The molecule has 1 heterocycles. The van der Waals surface area contributed by atoms with Crippen molar-refractivity contribution in [1.82, 2.24) is 4.98 Å². The van der Waals surface area contributed by atoms with E-state index in [1.165, 1.54) is 12.3 Å². The van der Waals surface area contributed by atoms with Gasteiger partial charge in [-0.25, -0.2) is 22.0 Å². The first-order valence-corrected chi connectivity index (χ1v) is 10.5. The molecule has 0 aliphatic heterocycles. The van der Waals surface area contributed by atoms with Crippen molar-refractivity contribution in [2.45, 2.75) is 25.7 Å². The number of amides is 1. The maximum absolute atomic E-state index is 14.2. The summed E-state index contributed by atoms with van der Waals surface area (Å²) in [5.41, 5.74) is -1.55. The Labute approximate surface area is 176 Å². The Bertz CT molecular complexity index is 1310. The van der Waals surface area contributed by atoms with Crippen LogP contribution in [0.25, 0.3) is 10.9 Å². The Balaban J connectivity index is 1.99. The van der Waals surface area contributed by atoms with E-state index < -0.39 is 44.3 Å². The van der Waals surface area contributed by atoms with Crippen LogP contribution in [0.15, 0.2) is 41.4 Å². The maximum Gasteiger partial charge on any atom is 0.338 e. The van der Waals surface area contributed by atoms with Crippen LogP contribution in [0.1, 0.15) is 31.1 Å². The van der Waals surface area contributed by atoms with E-state index in [2.05, 4.69) is 10.3 Å². The zero-order chi connectivity index (χ0) is 23.1. The van der Waals surface area contributed by atoms with Crippen LogP contribution in [-0.2, 0) is 14.8 Å². The number of carboxylic acids is 1. The van der Waals surface area contributed by atoms with Crippen LogP contribution >= 0.6 is 0 Å². The molecule has 0 unspecified atom stereocenters. The van der Waals surface area contributed by atoms with Gasteiger partial charge in [0.05, 0.1) is 11.3 Å². The number of carbonyl (C=O) groups is 2. The Morgan fingerprint density at radius 1 is 1.06 bits per heavy atom. The van der Waals surface area contributed by atoms with Gasteiger partial charge in [-0.2, -0.15) is 0 Å². The fraction of sp³-hybridized carbons (Fsp3) is 0.200. The third-order valence-electron chi connectivity index (χ3n) is 4.40. The molecule has 4 N–H and O–H groups in total. The highest BCUT2D eigenvalue weighted by atomic mass is 32.2. The first-order chi connectivity index (χ1) is 14.3. The molecular formula is C20H19F2N3O5S. The van der Waals surface area contributed by atoms with Crippen molar-refractivity contribution in [3.05, 3.63) is 53.7 Å². The van der Waals surface area contributed by atoms with Gasteiger partial charge in [0.25, 0.3) is 10.0 Å². The summed E-state index contributed by atoms with van der Waals surface area (Å²) in [6, 6.07) is 5.44. The highest BCUT2D eigenvalue weighted by molar-refractivity contribution is 7.93. The van der Waals surface area contributed by atoms with Gasteiger partial charge in [0.1, 0.15) is 16.5 Å². The molecule has 31 heavy (non-hydrogen) atoms. The lowest BCUT2D eigenvalue weighted by atomic mass is 9.95. The number of benzene rings is 2. The van der Waals surface area contributed by atoms with Gasteiger partial charge in [0.15, 0.2) is 0 Å². The predicted octanol–water partition coefficient (Wildman–Crippen LogP) is 3.93. The van der Waals surface area contributed by atoms with Gasteiger partial charge in [0, 0.05) is 34.3 Å². The Kier molecular flexibility index (Phi) is 5.49. The molecule has 0 aliphatic carbocycles. The zero-order valence-electron chi connectivity index (χ0n) is 16.7. The van der Waals surface area contributed by atoms with E-state index >= 15 is 0 Å². The van der Waals surface area contributed by atoms with E-state index in [0.29, 0.717) is 23.3 Å². The van der Waals surface area contributed by atoms with Crippen molar-refractivity contribution in [2.24, 2.45) is 5.41 Å². The van der Waals surface area contributed by atoms with Crippen LogP contribution < -0.4 is 10.0 Å². The summed E-state index contributed by atoms with van der Waals surface area (Å²) >= 11 is 0. The second-order valence-corrected chi connectivity index (χ2v) is 9.49. The lowest BCUT2D eigenvalue weighted by molar-refractivity contribution is -0.123. The van der Waals surface area contributed by atoms with Gasteiger partial charge in [0.2, 0.25) is 5.91 Å². The molecule has 2 aromatic carbocycles. The second-order valence-electron chi connectivity index (χ2n) is 7.84. The van der Waals surface area contributed by atoms with Crippen molar-refractivity contribution < 1.29 is 31.9 Å². The first-order valence-electron chi connectivity index (χ1n) is 8.97.